The van der Waals surface area contributed by atoms with Gasteiger partial charge in [-0.25, -0.2) is 0 Å². The Balaban J connectivity index is 1.51. The van der Waals surface area contributed by atoms with Gasteiger partial charge in [0, 0.05) is 45.9 Å². The highest BCUT2D eigenvalue weighted by molar-refractivity contribution is 5.77. The number of rotatable bonds is 36. The van der Waals surface area contributed by atoms with E-state index in [0.717, 1.165) is 0 Å². The minimum atomic E-state index is -2.72. The number of hydrogen-bond donors (Lipinski definition) is 25. The first-order valence-corrected chi connectivity index (χ1v) is 29.7. The van der Waals surface area contributed by atoms with E-state index in [4.69, 9.17) is 38.3 Å². The van der Waals surface area contributed by atoms with Gasteiger partial charge in [0.25, 0.3) is 0 Å². The molecular weight excluding hydrogens is 1200 g/mol. The van der Waals surface area contributed by atoms with Gasteiger partial charge >= 0.3 is 5.97 Å². The van der Waals surface area contributed by atoms with Gasteiger partial charge in [0.2, 0.25) is 18.9 Å². The first kappa shape index (κ1) is 76.5. The molecule has 1 spiro atoms. The van der Waals surface area contributed by atoms with Gasteiger partial charge in [-0.3, -0.25) is 4.79 Å². The molecule has 1 saturated heterocycles. The fourth-order valence-corrected chi connectivity index (χ4v) is 14.0. The number of aliphatic hydroxyl groups excluding tert-OH is 25. The zero-order valence-corrected chi connectivity index (χ0v) is 49.6. The van der Waals surface area contributed by atoms with Crippen molar-refractivity contribution < 1.29 is 166 Å². The molecule has 5 fully saturated rings. The van der Waals surface area contributed by atoms with Crippen LogP contribution in [0.5, 0.6) is 0 Å². The summed E-state index contributed by atoms with van der Waals surface area (Å²) in [6, 6.07) is 0. The number of fused-ring (bicyclic) bond motifs is 3. The zero-order chi connectivity index (χ0) is 66.8. The number of aliphatic hydroxyl groups is 25. The zero-order valence-electron chi connectivity index (χ0n) is 49.6. The number of carbonyl (C=O) groups is 1. The van der Waals surface area contributed by atoms with Gasteiger partial charge in [0.05, 0.1) is 35.9 Å². The molecule has 27 atom stereocenters. The molecule has 33 nitrogen and oxygen atoms in total. The maximum atomic E-state index is 14.7. The molecule has 0 aromatic carbocycles. The summed E-state index contributed by atoms with van der Waals surface area (Å²) in [5.41, 5.74) is -3.87. The topological polar surface area (TPSA) is 587 Å². The first-order valence-electron chi connectivity index (χ1n) is 29.7. The van der Waals surface area contributed by atoms with Crippen LogP contribution >= 0.6 is 0 Å². The number of ether oxygens (including phenoxy) is 7. The summed E-state index contributed by atoms with van der Waals surface area (Å²) in [7, 11) is 0. The van der Waals surface area contributed by atoms with Crippen LogP contribution in [0.4, 0.5) is 0 Å². The van der Waals surface area contributed by atoms with Crippen LogP contribution in [0, 0.1) is 28.1 Å². The first-order chi connectivity index (χ1) is 41.7. The Bertz CT molecular complexity index is 2300. The van der Waals surface area contributed by atoms with E-state index in [9.17, 15) is 127 Å². The van der Waals surface area contributed by atoms with Gasteiger partial charge in [0.1, 0.15) is 67.1 Å². The molecule has 5 aliphatic rings. The minimum absolute atomic E-state index is 0.0859. The number of esters is 1. The van der Waals surface area contributed by atoms with Crippen molar-refractivity contribution in [3.05, 3.63) is 35.2 Å². The average molecular weight is 1300 g/mol. The molecular formula is C56H96O33. The minimum Gasteiger partial charge on any atom is -0.506 e. The molecule has 0 radical (unpaired) electrons. The molecule has 25 N–H and O–H groups in total. The van der Waals surface area contributed by atoms with Crippen LogP contribution in [0.25, 0.3) is 0 Å². The second-order valence-corrected chi connectivity index (χ2v) is 24.6. The van der Waals surface area contributed by atoms with E-state index in [2.05, 4.69) is 6.58 Å². The maximum Gasteiger partial charge on any atom is 0.314 e. The van der Waals surface area contributed by atoms with Crippen LogP contribution in [0.15, 0.2) is 35.2 Å². The molecule has 2 bridgehead atoms. The van der Waals surface area contributed by atoms with E-state index >= 15 is 0 Å². The molecule has 0 aromatic heterocycles. The number of carbonyl (C=O) groups excluding carboxylic acids is 1. The van der Waals surface area contributed by atoms with Gasteiger partial charge in [-0.1, -0.05) is 19.9 Å². The smallest absolute Gasteiger partial charge is 0.314 e. The van der Waals surface area contributed by atoms with Crippen molar-refractivity contribution >= 4 is 5.97 Å². The van der Waals surface area contributed by atoms with E-state index in [1.807, 2.05) is 6.92 Å². The van der Waals surface area contributed by atoms with Crippen LogP contribution in [0.3, 0.4) is 0 Å². The highest BCUT2D eigenvalue weighted by atomic mass is 16.8. The van der Waals surface area contributed by atoms with Crippen molar-refractivity contribution in [2.75, 3.05) is 39.6 Å². The van der Waals surface area contributed by atoms with Crippen molar-refractivity contribution in [1.82, 2.24) is 0 Å². The quantitative estimate of drug-likeness (QED) is 0.00912. The average Bonchev–Trinajstić information content (AvgIpc) is 1.64. The highest BCUT2D eigenvalue weighted by Crippen LogP contribution is 2.74. The summed E-state index contributed by atoms with van der Waals surface area (Å²) in [6.45, 7) is 3.62. The molecule has 0 amide bonds. The lowest BCUT2D eigenvalue weighted by Crippen LogP contribution is -2.65. The van der Waals surface area contributed by atoms with E-state index in [-0.39, 0.29) is 31.6 Å². The van der Waals surface area contributed by atoms with Gasteiger partial charge in [-0.2, -0.15) is 0 Å². The Labute approximate surface area is 512 Å². The Morgan fingerprint density at radius 2 is 1.09 bits per heavy atom. The van der Waals surface area contributed by atoms with Crippen molar-refractivity contribution in [3.8, 4) is 0 Å². The molecule has 0 aromatic rings. The van der Waals surface area contributed by atoms with Gasteiger partial charge in [-0.15, -0.1) is 0 Å². The van der Waals surface area contributed by atoms with Gasteiger partial charge in [-0.05, 0) is 106 Å². The van der Waals surface area contributed by atoms with Crippen LogP contribution in [0.1, 0.15) is 104 Å². The third kappa shape index (κ3) is 17.0. The summed E-state index contributed by atoms with van der Waals surface area (Å²) in [4.78, 5) is 14.7. The third-order valence-corrected chi connectivity index (χ3v) is 18.9. The molecule has 33 heteroatoms. The summed E-state index contributed by atoms with van der Waals surface area (Å²) in [5, 5.41) is 262. The molecule has 4 saturated carbocycles. The fraction of sp³-hybridized carbons (Fsp3) is 0.875. The molecule has 5 rings (SSSR count). The standard InChI is InChI=1S/C56H96O33/c1-24-21-55-14-5-31-53(2,12-4-13-54(31,3)52(82)88-50(81)44(37(71)29(66)11-20-61)86-48(79)41(75)35(69)27(64)9-18-59)32(55)6-15-56(24,23-55)89-51-45(87-49(80)42(76)36(70)28(65)10-19-60)43(85-47(78)40(74)34(68)26(63)8-17-58)38(72)30(84-51)22-83-46(77)39(73)33(67)25(62)7-16-57/h25-34,37-40,43-51,57-81H,1,4-23H2,2-3H3/b41-35+,42-36+/t25?,26?,27?,28?,29?,30?,31?,32-,33?,34?,37?,38?,39?,40?,43?,44?,45?,46?,47?,48?,49?,50?,51?,53+,54+,55+,56-/m0/s1. The largest absolute Gasteiger partial charge is 0.506 e. The monoisotopic (exact) mass is 1300 g/mol. The molecule has 89 heavy (non-hydrogen) atoms. The highest BCUT2D eigenvalue weighted by Gasteiger charge is 2.69. The van der Waals surface area contributed by atoms with Crippen molar-refractivity contribution in [1.29, 1.82) is 0 Å². The van der Waals surface area contributed by atoms with Gasteiger partial charge in [0.15, 0.2) is 48.0 Å². The summed E-state index contributed by atoms with van der Waals surface area (Å²) < 4.78 is 41.0. The Hall–Kier alpha value is -3.19. The van der Waals surface area contributed by atoms with E-state index in [1.54, 1.807) is 6.92 Å². The SMILES string of the molecule is C=C1C[C@@]23CCC4[C@](C)(C(=O)OC(O)C(OC(O)/C(O)=C(\O)C(O)CCO)C(O)C(O)CCO)CCC[C@@]4(C)[C@@H]2CC[C@]1(OC1OC(COC(O)C(O)C(O)C(O)CCO)C(O)C(OC(O)C(O)C(O)C(O)CCO)C1OC(O)/C(O)=C(\O)C(O)CCO)C3. The van der Waals surface area contributed by atoms with Crippen LogP contribution < -0.4 is 0 Å². The van der Waals surface area contributed by atoms with E-state index < -0.39 is 258 Å². The maximum absolute atomic E-state index is 14.7. The van der Waals surface area contributed by atoms with E-state index in [1.165, 1.54) is 0 Å². The van der Waals surface area contributed by atoms with Crippen LogP contribution in [-0.4, -0.2) is 308 Å². The number of hydrogen-bond acceptors (Lipinski definition) is 33. The lowest BCUT2D eigenvalue weighted by Gasteiger charge is -2.64. The lowest BCUT2D eigenvalue weighted by molar-refractivity contribution is -0.372. The van der Waals surface area contributed by atoms with E-state index in [0.29, 0.717) is 37.7 Å². The fourth-order valence-electron chi connectivity index (χ4n) is 14.0. The molecule has 1 aliphatic heterocycles. The predicted molar refractivity (Wildman–Crippen MR) is 295 cm³/mol. The normalized spacial score (nSPS) is 34.9. The van der Waals surface area contributed by atoms with Crippen molar-refractivity contribution in [3.63, 3.8) is 0 Å². The summed E-state index contributed by atoms with van der Waals surface area (Å²) >= 11 is 0. The molecule has 22 unspecified atom stereocenters. The molecule has 1 heterocycles. The second kappa shape index (κ2) is 32.8. The van der Waals surface area contributed by atoms with Gasteiger partial charge < -0.3 is 161 Å². The van der Waals surface area contributed by atoms with Crippen LogP contribution in [0.2, 0.25) is 0 Å². The van der Waals surface area contributed by atoms with Crippen molar-refractivity contribution in [2.45, 2.75) is 239 Å². The summed E-state index contributed by atoms with van der Waals surface area (Å²) in [6.07, 6.45) is -46.4. The molecule has 4 aliphatic carbocycles. The molecule has 518 valence electrons. The Kier molecular flexibility index (Phi) is 28.2. The third-order valence-electron chi connectivity index (χ3n) is 18.9. The second-order valence-electron chi connectivity index (χ2n) is 24.6. The predicted octanol–water partition coefficient (Wildman–Crippen LogP) is -6.34. The summed E-state index contributed by atoms with van der Waals surface area (Å²) in [5.74, 6) is -7.21. The lowest BCUT2D eigenvalue weighted by atomic mass is 9.41. The van der Waals surface area contributed by atoms with Crippen LogP contribution in [-0.2, 0) is 38.0 Å². The Morgan fingerprint density at radius 1 is 0.584 bits per heavy atom. The Morgan fingerprint density at radius 3 is 1.63 bits per heavy atom. The van der Waals surface area contributed by atoms with Crippen molar-refractivity contribution in [2.24, 2.45) is 28.1 Å².